The first-order chi connectivity index (χ1) is 9.61. The quantitative estimate of drug-likeness (QED) is 0.875. The predicted octanol–water partition coefficient (Wildman–Crippen LogP) is 3.08. The van der Waals surface area contributed by atoms with Crippen LogP contribution >= 0.6 is 11.8 Å². The van der Waals surface area contributed by atoms with Crippen LogP contribution in [0.4, 0.5) is 4.39 Å². The molecule has 0 atom stereocenters. The van der Waals surface area contributed by atoms with Gasteiger partial charge in [-0.25, -0.2) is 14.2 Å². The van der Waals surface area contributed by atoms with Crippen molar-refractivity contribution in [2.45, 2.75) is 10.6 Å². The van der Waals surface area contributed by atoms with Crippen molar-refractivity contribution in [3.63, 3.8) is 0 Å². The third-order valence-electron chi connectivity index (χ3n) is 2.56. The molecule has 0 unspecified atom stereocenters. The highest BCUT2D eigenvalue weighted by Gasteiger charge is 2.11. The van der Waals surface area contributed by atoms with Crippen LogP contribution in [0.5, 0.6) is 0 Å². The van der Waals surface area contributed by atoms with Crippen molar-refractivity contribution < 1.29 is 14.3 Å². The summed E-state index contributed by atoms with van der Waals surface area (Å²) in [6, 6.07) is 9.41. The second-order valence-electron chi connectivity index (χ2n) is 3.86. The van der Waals surface area contributed by atoms with E-state index in [0.717, 1.165) is 11.6 Å². The first kappa shape index (κ1) is 14.0. The highest BCUT2D eigenvalue weighted by atomic mass is 32.2. The smallest absolute Gasteiger partial charge is 0.338 e. The Hall–Kier alpha value is -2.39. The number of pyridine rings is 1. The molecular formula is C14H9FN2O2S. The zero-order valence-corrected chi connectivity index (χ0v) is 11.0. The largest absolute Gasteiger partial charge is 0.478 e. The molecule has 1 N–H and O–H groups in total. The third-order valence-corrected chi connectivity index (χ3v) is 3.60. The van der Waals surface area contributed by atoms with Gasteiger partial charge in [-0.2, -0.15) is 5.26 Å². The molecule has 0 amide bonds. The Labute approximate surface area is 118 Å². The van der Waals surface area contributed by atoms with Crippen LogP contribution < -0.4 is 0 Å². The van der Waals surface area contributed by atoms with Crippen molar-refractivity contribution >= 4 is 17.7 Å². The lowest BCUT2D eigenvalue weighted by molar-refractivity contribution is 0.0691. The summed E-state index contributed by atoms with van der Waals surface area (Å²) in [5, 5.41) is 17.8. The lowest BCUT2D eigenvalue weighted by atomic mass is 10.2. The van der Waals surface area contributed by atoms with Crippen LogP contribution in [-0.2, 0) is 5.75 Å². The SMILES string of the molecule is N#Cc1ncccc1CSc1ccc(F)c(C(=O)O)c1. The molecule has 2 rings (SSSR count). The lowest BCUT2D eigenvalue weighted by Gasteiger charge is -2.05. The zero-order valence-electron chi connectivity index (χ0n) is 10.2. The van der Waals surface area contributed by atoms with Crippen molar-refractivity contribution in [2.24, 2.45) is 0 Å². The predicted molar refractivity (Wildman–Crippen MR) is 71.9 cm³/mol. The van der Waals surface area contributed by atoms with Crippen LogP contribution in [0.3, 0.4) is 0 Å². The average molecular weight is 288 g/mol. The second-order valence-corrected chi connectivity index (χ2v) is 4.91. The number of hydrogen-bond donors (Lipinski definition) is 1. The van der Waals surface area contributed by atoms with Crippen molar-refractivity contribution in [1.29, 1.82) is 5.26 Å². The van der Waals surface area contributed by atoms with Crippen molar-refractivity contribution in [2.75, 3.05) is 0 Å². The van der Waals surface area contributed by atoms with Crippen LogP contribution in [0.2, 0.25) is 0 Å². The second kappa shape index (κ2) is 6.17. The third kappa shape index (κ3) is 3.13. The number of carbonyl (C=O) groups is 1. The number of nitriles is 1. The number of rotatable bonds is 4. The van der Waals surface area contributed by atoms with Crippen molar-refractivity contribution in [1.82, 2.24) is 4.98 Å². The first-order valence-corrected chi connectivity index (χ1v) is 6.60. The van der Waals surface area contributed by atoms with E-state index in [0.29, 0.717) is 16.3 Å². The molecule has 6 heteroatoms. The summed E-state index contributed by atoms with van der Waals surface area (Å²) in [4.78, 5) is 15.4. The van der Waals surface area contributed by atoms with E-state index in [1.807, 2.05) is 6.07 Å². The molecule has 0 radical (unpaired) electrons. The van der Waals surface area contributed by atoms with Crippen LogP contribution in [0.25, 0.3) is 0 Å². The molecule has 0 fully saturated rings. The van der Waals surface area contributed by atoms with Gasteiger partial charge < -0.3 is 5.11 Å². The van der Waals surface area contributed by atoms with Crippen molar-refractivity contribution in [3.8, 4) is 6.07 Å². The molecule has 1 heterocycles. The summed E-state index contributed by atoms with van der Waals surface area (Å²) in [6.07, 6.45) is 1.53. The standard InChI is InChI=1S/C14H9FN2O2S/c15-12-4-3-10(6-11(12)14(18)19)20-8-9-2-1-5-17-13(9)7-16/h1-6H,8H2,(H,18,19). The number of carboxylic acid groups (broad SMARTS) is 1. The maximum atomic E-state index is 13.3. The minimum atomic E-state index is -1.30. The number of benzene rings is 1. The molecule has 20 heavy (non-hydrogen) atoms. The molecule has 0 spiro atoms. The van der Waals surface area contributed by atoms with E-state index in [-0.39, 0.29) is 5.56 Å². The molecule has 0 bridgehead atoms. The van der Waals surface area contributed by atoms with Crippen molar-refractivity contribution in [3.05, 3.63) is 59.2 Å². The Balaban J connectivity index is 2.18. The fourth-order valence-electron chi connectivity index (χ4n) is 1.57. The number of hydrogen-bond acceptors (Lipinski definition) is 4. The number of aromatic carboxylic acids is 1. The molecule has 2 aromatic rings. The summed E-state index contributed by atoms with van der Waals surface area (Å²) in [5.74, 6) is -1.61. The van der Waals surface area contributed by atoms with Gasteiger partial charge in [-0.1, -0.05) is 6.07 Å². The average Bonchev–Trinajstić information content (AvgIpc) is 2.46. The van der Waals surface area contributed by atoms with Gasteiger partial charge in [0, 0.05) is 16.8 Å². The number of nitrogens with zero attached hydrogens (tertiary/aromatic N) is 2. The molecule has 0 saturated heterocycles. The topological polar surface area (TPSA) is 74.0 Å². The minimum absolute atomic E-state index is 0.334. The fraction of sp³-hybridized carbons (Fsp3) is 0.0714. The Bertz CT molecular complexity index is 698. The highest BCUT2D eigenvalue weighted by molar-refractivity contribution is 7.98. The van der Waals surface area contributed by atoms with E-state index in [2.05, 4.69) is 4.98 Å². The monoisotopic (exact) mass is 288 g/mol. The van der Waals surface area contributed by atoms with Crippen LogP contribution in [0.15, 0.2) is 41.4 Å². The first-order valence-electron chi connectivity index (χ1n) is 5.61. The van der Waals surface area contributed by atoms with E-state index in [4.69, 9.17) is 10.4 Å². The van der Waals surface area contributed by atoms with Gasteiger partial charge >= 0.3 is 5.97 Å². The number of aromatic nitrogens is 1. The maximum Gasteiger partial charge on any atom is 0.338 e. The van der Waals surface area contributed by atoms with Crippen LogP contribution in [0, 0.1) is 17.1 Å². The van der Waals surface area contributed by atoms with E-state index in [1.165, 1.54) is 30.1 Å². The maximum absolute atomic E-state index is 13.3. The summed E-state index contributed by atoms with van der Waals surface area (Å²) in [6.45, 7) is 0. The van der Waals surface area contributed by atoms with Gasteiger partial charge in [0.2, 0.25) is 0 Å². The van der Waals surface area contributed by atoms with E-state index >= 15 is 0 Å². The summed E-state index contributed by atoms with van der Waals surface area (Å²) in [5.41, 5.74) is 0.725. The van der Waals surface area contributed by atoms with Crippen LogP contribution in [0.1, 0.15) is 21.6 Å². The van der Waals surface area contributed by atoms with Gasteiger partial charge in [-0.3, -0.25) is 0 Å². The van der Waals surface area contributed by atoms with Gasteiger partial charge in [-0.05, 0) is 29.8 Å². The number of halogens is 1. The zero-order chi connectivity index (χ0) is 14.5. The van der Waals surface area contributed by atoms with Gasteiger partial charge in [0.1, 0.15) is 17.6 Å². The number of carboxylic acids is 1. The number of thioether (sulfide) groups is 1. The molecular weight excluding hydrogens is 279 g/mol. The Morgan fingerprint density at radius 1 is 1.45 bits per heavy atom. The molecule has 1 aromatic carbocycles. The molecule has 0 aliphatic carbocycles. The molecule has 0 saturated carbocycles. The van der Waals surface area contributed by atoms with E-state index < -0.39 is 11.8 Å². The Kier molecular flexibility index (Phi) is 4.33. The minimum Gasteiger partial charge on any atom is -0.478 e. The summed E-state index contributed by atoms with van der Waals surface area (Å²) < 4.78 is 13.3. The van der Waals surface area contributed by atoms with Gasteiger partial charge in [0.05, 0.1) is 5.56 Å². The molecule has 4 nitrogen and oxygen atoms in total. The molecule has 0 aliphatic heterocycles. The highest BCUT2D eigenvalue weighted by Crippen LogP contribution is 2.25. The van der Waals surface area contributed by atoms with Gasteiger partial charge in [0.15, 0.2) is 0 Å². The van der Waals surface area contributed by atoms with E-state index in [1.54, 1.807) is 12.1 Å². The fourth-order valence-corrected chi connectivity index (χ4v) is 2.50. The Morgan fingerprint density at radius 3 is 2.95 bits per heavy atom. The summed E-state index contributed by atoms with van der Waals surface area (Å²) in [7, 11) is 0. The van der Waals surface area contributed by atoms with Crippen LogP contribution in [-0.4, -0.2) is 16.1 Å². The normalized spacial score (nSPS) is 10.0. The van der Waals surface area contributed by atoms with E-state index in [9.17, 15) is 9.18 Å². The Morgan fingerprint density at radius 2 is 2.25 bits per heavy atom. The molecule has 1 aromatic heterocycles. The van der Waals surface area contributed by atoms with Gasteiger partial charge in [-0.15, -0.1) is 11.8 Å². The van der Waals surface area contributed by atoms with Gasteiger partial charge in [0.25, 0.3) is 0 Å². The summed E-state index contributed by atoms with van der Waals surface area (Å²) >= 11 is 1.32. The molecule has 100 valence electrons. The molecule has 0 aliphatic rings. The lowest BCUT2D eigenvalue weighted by Crippen LogP contribution is -2.00.